The van der Waals surface area contributed by atoms with Crippen LogP contribution in [0.4, 0.5) is 4.39 Å². The Morgan fingerprint density at radius 3 is 2.45 bits per heavy atom. The summed E-state index contributed by atoms with van der Waals surface area (Å²) in [6, 6.07) is 7.87. The first-order valence-corrected chi connectivity index (χ1v) is 6.99. The second kappa shape index (κ2) is 3.75. The topological polar surface area (TPSA) is 40.5 Å². The summed E-state index contributed by atoms with van der Waals surface area (Å²) in [6.45, 7) is 0. The number of hydrogen-bond acceptors (Lipinski definition) is 2. The number of phenols is 2. The van der Waals surface area contributed by atoms with E-state index in [0.717, 1.165) is 47.9 Å². The van der Waals surface area contributed by atoms with E-state index in [-0.39, 0.29) is 22.7 Å². The molecule has 102 valence electrons. The molecule has 1 fully saturated rings. The van der Waals surface area contributed by atoms with E-state index in [0.29, 0.717) is 0 Å². The minimum atomic E-state index is -0.244. The molecule has 2 aliphatic carbocycles. The molecule has 20 heavy (non-hydrogen) atoms. The molecular weight excluding hydrogens is 255 g/mol. The largest absolute Gasteiger partial charge is 0.508 e. The highest BCUT2D eigenvalue weighted by Gasteiger charge is 2.46. The predicted molar refractivity (Wildman–Crippen MR) is 74.4 cm³/mol. The first-order chi connectivity index (χ1) is 9.62. The highest BCUT2D eigenvalue weighted by molar-refractivity contribution is 5.86. The smallest absolute Gasteiger partial charge is 0.127 e. The van der Waals surface area contributed by atoms with E-state index in [2.05, 4.69) is 0 Å². The minimum absolute atomic E-state index is 0.0702. The molecule has 0 amide bonds. The SMILES string of the molecule is Oc1cc(O)c2c(c1)C1(CCCC1)c1cc(F)ccc1-2. The van der Waals surface area contributed by atoms with Crippen LogP contribution in [0.3, 0.4) is 0 Å². The lowest BCUT2D eigenvalue weighted by Gasteiger charge is -2.26. The molecule has 0 saturated heterocycles. The Bertz CT molecular complexity index is 715. The Hall–Kier alpha value is -2.03. The fourth-order valence-corrected chi connectivity index (χ4v) is 4.07. The summed E-state index contributed by atoms with van der Waals surface area (Å²) in [4.78, 5) is 0. The Morgan fingerprint density at radius 1 is 0.950 bits per heavy atom. The molecule has 1 spiro atoms. The number of hydrogen-bond donors (Lipinski definition) is 2. The van der Waals surface area contributed by atoms with Crippen LogP contribution in [0.15, 0.2) is 30.3 Å². The fourth-order valence-electron chi connectivity index (χ4n) is 4.07. The van der Waals surface area contributed by atoms with Crippen LogP contribution in [0, 0.1) is 5.82 Å². The van der Waals surface area contributed by atoms with Gasteiger partial charge in [-0.15, -0.1) is 0 Å². The van der Waals surface area contributed by atoms with Crippen molar-refractivity contribution in [1.82, 2.24) is 0 Å². The van der Waals surface area contributed by atoms with E-state index in [1.807, 2.05) is 0 Å². The van der Waals surface area contributed by atoms with Crippen molar-refractivity contribution in [3.63, 3.8) is 0 Å². The van der Waals surface area contributed by atoms with Gasteiger partial charge in [-0.2, -0.15) is 0 Å². The van der Waals surface area contributed by atoms with E-state index in [9.17, 15) is 14.6 Å². The van der Waals surface area contributed by atoms with Crippen LogP contribution >= 0.6 is 0 Å². The summed E-state index contributed by atoms with van der Waals surface area (Å²) >= 11 is 0. The average molecular weight is 270 g/mol. The van der Waals surface area contributed by atoms with Crippen LogP contribution in [-0.4, -0.2) is 10.2 Å². The molecule has 4 rings (SSSR count). The molecule has 0 atom stereocenters. The Labute approximate surface area is 116 Å². The van der Waals surface area contributed by atoms with Crippen LogP contribution < -0.4 is 0 Å². The molecule has 2 N–H and O–H groups in total. The maximum atomic E-state index is 13.7. The van der Waals surface area contributed by atoms with Crippen LogP contribution in [-0.2, 0) is 5.41 Å². The lowest BCUT2D eigenvalue weighted by molar-refractivity contribution is 0.447. The molecule has 3 heteroatoms. The van der Waals surface area contributed by atoms with Gasteiger partial charge in [0.15, 0.2) is 0 Å². The minimum Gasteiger partial charge on any atom is -0.508 e. The van der Waals surface area contributed by atoms with Crippen molar-refractivity contribution < 1.29 is 14.6 Å². The van der Waals surface area contributed by atoms with Crippen molar-refractivity contribution in [3.05, 3.63) is 47.3 Å². The van der Waals surface area contributed by atoms with Gasteiger partial charge in [0.05, 0.1) is 0 Å². The number of rotatable bonds is 0. The van der Waals surface area contributed by atoms with Gasteiger partial charge < -0.3 is 10.2 Å². The molecule has 0 aliphatic heterocycles. The molecule has 2 aromatic carbocycles. The first-order valence-electron chi connectivity index (χ1n) is 6.99. The molecule has 2 aromatic rings. The molecule has 0 unspecified atom stereocenters. The van der Waals surface area contributed by atoms with Gasteiger partial charge in [-0.1, -0.05) is 18.9 Å². The van der Waals surface area contributed by atoms with Gasteiger partial charge >= 0.3 is 0 Å². The van der Waals surface area contributed by atoms with E-state index in [1.165, 1.54) is 12.1 Å². The van der Waals surface area contributed by atoms with Gasteiger partial charge in [-0.05, 0) is 47.7 Å². The number of halogens is 1. The van der Waals surface area contributed by atoms with Crippen molar-refractivity contribution in [2.45, 2.75) is 31.1 Å². The van der Waals surface area contributed by atoms with E-state index in [4.69, 9.17) is 0 Å². The highest BCUT2D eigenvalue weighted by atomic mass is 19.1. The molecule has 2 aliphatic rings. The number of aromatic hydroxyl groups is 2. The molecule has 0 radical (unpaired) electrons. The lowest BCUT2D eigenvalue weighted by atomic mass is 9.76. The van der Waals surface area contributed by atoms with Gasteiger partial charge in [0, 0.05) is 17.0 Å². The van der Waals surface area contributed by atoms with Gasteiger partial charge in [-0.3, -0.25) is 0 Å². The molecule has 2 nitrogen and oxygen atoms in total. The summed E-state index contributed by atoms with van der Waals surface area (Å²) in [6.07, 6.45) is 4.07. The van der Waals surface area contributed by atoms with E-state index >= 15 is 0 Å². The Morgan fingerprint density at radius 2 is 1.70 bits per heavy atom. The summed E-state index contributed by atoms with van der Waals surface area (Å²) in [5, 5.41) is 20.0. The number of fused-ring (bicyclic) bond motifs is 5. The molecule has 0 aromatic heterocycles. The van der Waals surface area contributed by atoms with E-state index < -0.39 is 0 Å². The van der Waals surface area contributed by atoms with E-state index in [1.54, 1.807) is 18.2 Å². The normalized spacial score (nSPS) is 18.2. The fraction of sp³-hybridized carbons (Fsp3) is 0.294. The zero-order valence-corrected chi connectivity index (χ0v) is 11.0. The monoisotopic (exact) mass is 270 g/mol. The zero-order chi connectivity index (χ0) is 13.9. The van der Waals surface area contributed by atoms with Crippen LogP contribution in [0.1, 0.15) is 36.8 Å². The lowest BCUT2D eigenvalue weighted by Crippen LogP contribution is -2.20. The van der Waals surface area contributed by atoms with Crippen LogP contribution in [0.2, 0.25) is 0 Å². The molecule has 0 bridgehead atoms. The maximum Gasteiger partial charge on any atom is 0.127 e. The van der Waals surface area contributed by atoms with Crippen molar-refractivity contribution in [1.29, 1.82) is 0 Å². The molecular formula is C17H15FO2. The second-order valence-corrected chi connectivity index (χ2v) is 5.87. The van der Waals surface area contributed by atoms with Gasteiger partial charge in [0.2, 0.25) is 0 Å². The first kappa shape index (κ1) is 11.8. The third-order valence-corrected chi connectivity index (χ3v) is 4.84. The predicted octanol–water partition coefficient (Wildman–Crippen LogP) is 4.08. The standard InChI is InChI=1S/C17H15FO2/c18-10-3-4-12-13(7-10)17(5-1-2-6-17)14-8-11(19)9-15(20)16(12)14/h3-4,7-9,19-20H,1-2,5-6H2. The van der Waals surface area contributed by atoms with Crippen LogP contribution in [0.25, 0.3) is 11.1 Å². The quantitative estimate of drug-likeness (QED) is 0.757. The van der Waals surface area contributed by atoms with Gasteiger partial charge in [-0.25, -0.2) is 4.39 Å². The van der Waals surface area contributed by atoms with Crippen molar-refractivity contribution in [2.24, 2.45) is 0 Å². The summed E-state index contributed by atoms with van der Waals surface area (Å²) in [5.41, 5.74) is 3.35. The third-order valence-electron chi connectivity index (χ3n) is 4.84. The van der Waals surface area contributed by atoms with Crippen molar-refractivity contribution >= 4 is 0 Å². The van der Waals surface area contributed by atoms with Gasteiger partial charge in [0.1, 0.15) is 17.3 Å². The maximum absolute atomic E-state index is 13.7. The Balaban J connectivity index is 2.11. The summed E-state index contributed by atoms with van der Waals surface area (Å²) in [7, 11) is 0. The molecule has 1 saturated carbocycles. The average Bonchev–Trinajstić information content (AvgIpc) is 2.97. The van der Waals surface area contributed by atoms with Crippen LogP contribution in [0.5, 0.6) is 11.5 Å². The Kier molecular flexibility index (Phi) is 2.21. The highest BCUT2D eigenvalue weighted by Crippen LogP contribution is 2.59. The number of phenolic OH excluding ortho intramolecular Hbond substituents is 2. The molecule has 0 heterocycles. The third kappa shape index (κ3) is 1.33. The number of benzene rings is 2. The second-order valence-electron chi connectivity index (χ2n) is 5.87. The van der Waals surface area contributed by atoms with Gasteiger partial charge in [0.25, 0.3) is 0 Å². The summed E-state index contributed by atoms with van der Waals surface area (Å²) in [5.74, 6) is -0.0935. The summed E-state index contributed by atoms with van der Waals surface area (Å²) < 4.78 is 13.7. The zero-order valence-electron chi connectivity index (χ0n) is 11.0. The van der Waals surface area contributed by atoms with Crippen molar-refractivity contribution in [3.8, 4) is 22.6 Å². The van der Waals surface area contributed by atoms with Crippen molar-refractivity contribution in [2.75, 3.05) is 0 Å².